The minimum atomic E-state index is 0.400. The summed E-state index contributed by atoms with van der Waals surface area (Å²) in [6, 6.07) is 0. The zero-order valence-corrected chi connectivity index (χ0v) is 13.7. The van der Waals surface area contributed by atoms with Crippen molar-refractivity contribution in [2.24, 2.45) is 10.8 Å². The second kappa shape index (κ2) is 5.98. The van der Waals surface area contributed by atoms with Crippen molar-refractivity contribution >= 4 is 0 Å². The van der Waals surface area contributed by atoms with Crippen LogP contribution in [0.5, 0.6) is 0 Å². The van der Waals surface area contributed by atoms with E-state index < -0.39 is 0 Å². The third-order valence-electron chi connectivity index (χ3n) is 4.76. The fraction of sp³-hybridized carbons (Fsp3) is 0.667. The van der Waals surface area contributed by atoms with Crippen molar-refractivity contribution < 1.29 is 0 Å². The third-order valence-corrected chi connectivity index (χ3v) is 4.76. The van der Waals surface area contributed by atoms with Crippen LogP contribution in [0.2, 0.25) is 0 Å². The number of nitrogens with one attached hydrogen (secondary N) is 1. The monoisotopic (exact) mass is 261 g/mol. The Kier molecular flexibility index (Phi) is 5.06. The first-order valence-corrected chi connectivity index (χ1v) is 8.04. The molecule has 1 heteroatoms. The van der Waals surface area contributed by atoms with E-state index in [0.717, 1.165) is 0 Å². The number of hydrogen-bond acceptors (Lipinski definition) is 1. The van der Waals surface area contributed by atoms with Crippen LogP contribution in [0.4, 0.5) is 0 Å². The predicted octanol–water partition coefficient (Wildman–Crippen LogP) is 5.22. The molecular formula is C18H31N. The number of rotatable bonds is 2. The molecule has 2 fully saturated rings. The smallest absolute Gasteiger partial charge is 0.0392 e. The molecule has 1 aliphatic heterocycles. The molecule has 0 radical (unpaired) electrons. The molecule has 3 aliphatic rings. The van der Waals surface area contributed by atoms with Crippen LogP contribution in [0.3, 0.4) is 0 Å². The van der Waals surface area contributed by atoms with Crippen molar-refractivity contribution in [1.29, 1.82) is 0 Å². The van der Waals surface area contributed by atoms with Crippen molar-refractivity contribution in [2.45, 2.75) is 60.8 Å². The molecule has 1 nitrogen and oxygen atoms in total. The zero-order valence-electron chi connectivity index (χ0n) is 13.7. The van der Waals surface area contributed by atoms with Gasteiger partial charge in [0.05, 0.1) is 0 Å². The Bertz CT molecular complexity index is 402. The molecule has 0 aromatic carbocycles. The van der Waals surface area contributed by atoms with Gasteiger partial charge in [0.1, 0.15) is 0 Å². The molecule has 0 aromatic rings. The lowest BCUT2D eigenvalue weighted by Gasteiger charge is -2.25. The van der Waals surface area contributed by atoms with E-state index in [4.69, 9.17) is 0 Å². The Hall–Kier alpha value is -0.980. The van der Waals surface area contributed by atoms with Crippen LogP contribution in [0, 0.1) is 10.8 Å². The molecule has 2 unspecified atom stereocenters. The maximum absolute atomic E-state index is 4.08. The lowest BCUT2D eigenvalue weighted by Crippen LogP contribution is -2.18. The highest BCUT2D eigenvalue weighted by atomic mass is 15.1. The SMILES string of the molecule is C=C1C=C(CC)C23CC2(CC)CNC3=C1.CC.CC. The molecule has 19 heavy (non-hydrogen) atoms. The van der Waals surface area contributed by atoms with E-state index in [0.29, 0.717) is 10.8 Å². The number of allylic oxidation sites excluding steroid dienone is 4. The second-order valence-electron chi connectivity index (χ2n) is 5.23. The molecule has 108 valence electrons. The van der Waals surface area contributed by atoms with Gasteiger partial charge in [0.15, 0.2) is 0 Å². The van der Waals surface area contributed by atoms with Crippen molar-refractivity contribution in [3.63, 3.8) is 0 Å². The maximum atomic E-state index is 4.08. The summed E-state index contributed by atoms with van der Waals surface area (Å²) in [5.74, 6) is 0. The Morgan fingerprint density at radius 1 is 1.16 bits per heavy atom. The Balaban J connectivity index is 0.000000415. The van der Waals surface area contributed by atoms with Gasteiger partial charge >= 0.3 is 0 Å². The lowest BCUT2D eigenvalue weighted by atomic mass is 9.79. The third kappa shape index (κ3) is 2.07. The highest BCUT2D eigenvalue weighted by molar-refractivity contribution is 5.55. The number of piperidine rings is 1. The number of hydrogen-bond donors (Lipinski definition) is 1. The first-order chi connectivity index (χ1) is 9.18. The van der Waals surface area contributed by atoms with Crippen molar-refractivity contribution in [3.8, 4) is 0 Å². The fourth-order valence-electron chi connectivity index (χ4n) is 3.80. The molecule has 0 bridgehead atoms. The van der Waals surface area contributed by atoms with Gasteiger partial charge in [-0.3, -0.25) is 0 Å². The summed E-state index contributed by atoms with van der Waals surface area (Å²) >= 11 is 0. The van der Waals surface area contributed by atoms with Crippen LogP contribution in [0.15, 0.2) is 35.6 Å². The van der Waals surface area contributed by atoms with Gasteiger partial charge in [-0.05, 0) is 30.9 Å². The molecule has 2 atom stereocenters. The van der Waals surface area contributed by atoms with Crippen LogP contribution in [0.25, 0.3) is 0 Å². The summed E-state index contributed by atoms with van der Waals surface area (Å²) in [5.41, 5.74) is 5.17. The largest absolute Gasteiger partial charge is 0.387 e. The van der Waals surface area contributed by atoms with Gasteiger partial charge in [0.25, 0.3) is 0 Å². The van der Waals surface area contributed by atoms with Crippen molar-refractivity contribution in [2.75, 3.05) is 6.54 Å². The first-order valence-electron chi connectivity index (χ1n) is 8.04. The molecule has 2 aliphatic carbocycles. The average molecular weight is 261 g/mol. The van der Waals surface area contributed by atoms with E-state index in [9.17, 15) is 0 Å². The van der Waals surface area contributed by atoms with Crippen LogP contribution < -0.4 is 5.32 Å². The van der Waals surface area contributed by atoms with Crippen molar-refractivity contribution in [1.82, 2.24) is 5.32 Å². The summed E-state index contributed by atoms with van der Waals surface area (Å²) in [6.07, 6.45) is 8.39. The highest BCUT2D eigenvalue weighted by Gasteiger charge is 2.72. The molecule has 1 saturated carbocycles. The van der Waals surface area contributed by atoms with Gasteiger partial charge < -0.3 is 5.32 Å². The van der Waals surface area contributed by atoms with Gasteiger partial charge in [0, 0.05) is 23.1 Å². The Labute approximate surface area is 119 Å². The van der Waals surface area contributed by atoms with E-state index in [-0.39, 0.29) is 0 Å². The topological polar surface area (TPSA) is 12.0 Å². The first kappa shape index (κ1) is 16.1. The Morgan fingerprint density at radius 3 is 2.26 bits per heavy atom. The molecule has 1 saturated heterocycles. The molecular weight excluding hydrogens is 230 g/mol. The van der Waals surface area contributed by atoms with E-state index in [1.807, 2.05) is 27.7 Å². The van der Waals surface area contributed by atoms with E-state index in [2.05, 4.69) is 37.9 Å². The minimum absolute atomic E-state index is 0.400. The average Bonchev–Trinajstić information content (AvgIpc) is 3.05. The maximum Gasteiger partial charge on any atom is 0.0392 e. The van der Waals surface area contributed by atoms with E-state index in [1.54, 1.807) is 5.57 Å². The van der Waals surface area contributed by atoms with Gasteiger partial charge in [0.2, 0.25) is 0 Å². The predicted molar refractivity (Wildman–Crippen MR) is 86.1 cm³/mol. The van der Waals surface area contributed by atoms with Crippen LogP contribution >= 0.6 is 0 Å². The molecule has 0 amide bonds. The highest BCUT2D eigenvalue weighted by Crippen LogP contribution is 2.76. The van der Waals surface area contributed by atoms with Gasteiger partial charge in [-0.1, -0.05) is 59.8 Å². The van der Waals surface area contributed by atoms with Crippen LogP contribution in [0.1, 0.15) is 60.8 Å². The van der Waals surface area contributed by atoms with Gasteiger partial charge in [-0.15, -0.1) is 0 Å². The minimum Gasteiger partial charge on any atom is -0.387 e. The van der Waals surface area contributed by atoms with Crippen molar-refractivity contribution in [3.05, 3.63) is 35.6 Å². The summed E-state index contributed by atoms with van der Waals surface area (Å²) in [7, 11) is 0. The standard InChI is InChI=1S/C14H19N.2C2H6/c1-4-11-6-10(3)7-12-14(11)8-13(14,5-2)9-15-12;2*1-2/h6-7,15H,3-5,8-9H2,1-2H3;2*1-2H3. The summed E-state index contributed by atoms with van der Waals surface area (Å²) in [5, 5.41) is 3.59. The Morgan fingerprint density at radius 2 is 1.79 bits per heavy atom. The molecule has 3 rings (SSSR count). The normalized spacial score (nSPS) is 33.3. The van der Waals surface area contributed by atoms with Crippen LogP contribution in [-0.4, -0.2) is 6.54 Å². The molecule has 1 spiro atoms. The van der Waals surface area contributed by atoms with E-state index in [1.165, 1.54) is 37.1 Å². The zero-order chi connectivity index (χ0) is 14.7. The fourth-order valence-corrected chi connectivity index (χ4v) is 3.80. The summed E-state index contributed by atoms with van der Waals surface area (Å²) < 4.78 is 0. The molecule has 0 aromatic heterocycles. The molecule has 1 heterocycles. The quantitative estimate of drug-likeness (QED) is 0.718. The van der Waals surface area contributed by atoms with Crippen LogP contribution in [-0.2, 0) is 0 Å². The second-order valence-corrected chi connectivity index (χ2v) is 5.23. The molecule has 1 N–H and O–H groups in total. The lowest BCUT2D eigenvalue weighted by molar-refractivity contribution is 0.453. The van der Waals surface area contributed by atoms with Gasteiger partial charge in [-0.25, -0.2) is 0 Å². The van der Waals surface area contributed by atoms with E-state index >= 15 is 0 Å². The summed E-state index contributed by atoms with van der Waals surface area (Å²) in [4.78, 5) is 0. The van der Waals surface area contributed by atoms with Gasteiger partial charge in [-0.2, -0.15) is 0 Å². The summed E-state index contributed by atoms with van der Waals surface area (Å²) in [6.45, 7) is 17.8.